The predicted molar refractivity (Wildman–Crippen MR) is 52.8 cm³/mol. The van der Waals surface area contributed by atoms with E-state index in [1.165, 1.54) is 13.0 Å². The van der Waals surface area contributed by atoms with Crippen LogP contribution in [0.2, 0.25) is 0 Å². The minimum absolute atomic E-state index is 0.360. The molecule has 0 saturated heterocycles. The van der Waals surface area contributed by atoms with Crippen LogP contribution in [0.1, 0.15) is 6.92 Å². The molecular weight excluding hydrogens is 218 g/mol. The van der Waals surface area contributed by atoms with E-state index in [1.54, 1.807) is 0 Å². The number of carbonyl (C=O) groups excluding carboxylic acids is 1. The molecule has 1 N–H and O–H groups in total. The number of hydrogen-bond acceptors (Lipinski definition) is 3. The molecule has 1 aromatic carbocycles. The number of benzene rings is 1. The van der Waals surface area contributed by atoms with Gasteiger partial charge in [0.05, 0.1) is 6.10 Å². The van der Waals surface area contributed by atoms with Gasteiger partial charge in [-0.2, -0.15) is 0 Å². The van der Waals surface area contributed by atoms with Crippen LogP contribution in [0.3, 0.4) is 0 Å². The fourth-order valence-corrected chi connectivity index (χ4v) is 0.918. The Balaban J connectivity index is 2.70. The summed E-state index contributed by atoms with van der Waals surface area (Å²) in [4.78, 5) is 11.1. The third-order valence-electron chi connectivity index (χ3n) is 1.62. The maximum Gasteiger partial charge on any atom is 0.336 e. The molecular formula is C11H10F2O3. The molecule has 0 bridgehead atoms. The van der Waals surface area contributed by atoms with Gasteiger partial charge in [0.25, 0.3) is 0 Å². The van der Waals surface area contributed by atoms with E-state index in [2.05, 4.69) is 4.74 Å². The van der Waals surface area contributed by atoms with Crippen molar-refractivity contribution in [1.82, 2.24) is 0 Å². The first-order chi connectivity index (χ1) is 7.49. The highest BCUT2D eigenvalue weighted by Gasteiger charge is 2.08. The molecule has 16 heavy (non-hydrogen) atoms. The molecule has 5 heteroatoms. The van der Waals surface area contributed by atoms with Crippen LogP contribution < -0.4 is 4.74 Å². The molecule has 0 heterocycles. The minimum atomic E-state index is -0.959. The maximum absolute atomic E-state index is 13.0. The first-order valence-corrected chi connectivity index (χ1v) is 4.52. The second kappa shape index (κ2) is 5.37. The standard InChI is InChI=1S/C11H10F2O3/c1-7(14)2-5-11(15)16-10-4-3-8(12)6-9(10)13/h2-7,14H,1H3. The highest BCUT2D eigenvalue weighted by atomic mass is 19.1. The minimum Gasteiger partial charge on any atom is -0.420 e. The molecule has 0 radical (unpaired) electrons. The van der Waals surface area contributed by atoms with Crippen LogP contribution in [0.15, 0.2) is 30.4 Å². The first-order valence-electron chi connectivity index (χ1n) is 4.52. The van der Waals surface area contributed by atoms with Gasteiger partial charge in [0.1, 0.15) is 5.82 Å². The van der Waals surface area contributed by atoms with Crippen molar-refractivity contribution in [1.29, 1.82) is 0 Å². The largest absolute Gasteiger partial charge is 0.420 e. The van der Waals surface area contributed by atoms with Crippen LogP contribution in [0, 0.1) is 11.6 Å². The molecule has 0 aliphatic carbocycles. The normalized spacial score (nSPS) is 12.8. The number of hydrogen-bond donors (Lipinski definition) is 1. The third-order valence-corrected chi connectivity index (χ3v) is 1.62. The van der Waals surface area contributed by atoms with Gasteiger partial charge in [0.15, 0.2) is 11.6 Å². The van der Waals surface area contributed by atoms with Crippen molar-refractivity contribution in [3.8, 4) is 5.75 Å². The molecule has 3 nitrogen and oxygen atoms in total. The molecule has 0 saturated carbocycles. The molecule has 0 aliphatic heterocycles. The Kier molecular flexibility index (Phi) is 4.13. The second-order valence-electron chi connectivity index (χ2n) is 3.10. The monoisotopic (exact) mass is 228 g/mol. The zero-order valence-corrected chi connectivity index (χ0v) is 8.48. The third kappa shape index (κ3) is 3.78. The Labute approximate surface area is 91.0 Å². The van der Waals surface area contributed by atoms with E-state index in [9.17, 15) is 13.6 Å². The Morgan fingerprint density at radius 2 is 2.19 bits per heavy atom. The molecule has 1 atom stereocenters. The summed E-state index contributed by atoms with van der Waals surface area (Å²) in [5.74, 6) is -2.91. The average molecular weight is 228 g/mol. The lowest BCUT2D eigenvalue weighted by Gasteiger charge is -2.02. The molecule has 86 valence electrons. The van der Waals surface area contributed by atoms with Gasteiger partial charge in [0.2, 0.25) is 0 Å². The molecule has 0 aliphatic rings. The molecule has 0 spiro atoms. The van der Waals surface area contributed by atoms with Gasteiger partial charge in [0, 0.05) is 12.1 Å². The summed E-state index contributed by atoms with van der Waals surface area (Å²) in [6.07, 6.45) is 1.35. The lowest BCUT2D eigenvalue weighted by Crippen LogP contribution is -2.07. The van der Waals surface area contributed by atoms with Gasteiger partial charge >= 0.3 is 5.97 Å². The zero-order valence-electron chi connectivity index (χ0n) is 8.48. The number of esters is 1. The van der Waals surface area contributed by atoms with Crippen molar-refractivity contribution in [2.45, 2.75) is 13.0 Å². The van der Waals surface area contributed by atoms with Crippen molar-refractivity contribution in [3.63, 3.8) is 0 Å². The molecule has 0 amide bonds. The van der Waals surface area contributed by atoms with Crippen LogP contribution in [0.25, 0.3) is 0 Å². The average Bonchev–Trinajstić information content (AvgIpc) is 2.19. The van der Waals surface area contributed by atoms with E-state index in [4.69, 9.17) is 5.11 Å². The van der Waals surface area contributed by atoms with Gasteiger partial charge in [-0.3, -0.25) is 0 Å². The number of rotatable bonds is 3. The summed E-state index contributed by atoms with van der Waals surface area (Å²) in [6, 6.07) is 2.60. The topological polar surface area (TPSA) is 46.5 Å². The van der Waals surface area contributed by atoms with Crippen molar-refractivity contribution >= 4 is 5.97 Å². The summed E-state index contributed by atoms with van der Waals surface area (Å²) >= 11 is 0. The lowest BCUT2D eigenvalue weighted by molar-refractivity contribution is -0.129. The zero-order chi connectivity index (χ0) is 12.1. The summed E-state index contributed by atoms with van der Waals surface area (Å²) in [7, 11) is 0. The molecule has 0 aromatic heterocycles. The van der Waals surface area contributed by atoms with Crippen LogP contribution in [0.4, 0.5) is 8.78 Å². The number of aliphatic hydroxyl groups is 1. The number of aliphatic hydroxyl groups excluding tert-OH is 1. The van der Waals surface area contributed by atoms with Gasteiger partial charge in [-0.1, -0.05) is 0 Å². The Morgan fingerprint density at radius 1 is 1.50 bits per heavy atom. The molecule has 1 rings (SSSR count). The molecule has 0 fully saturated rings. The highest BCUT2D eigenvalue weighted by molar-refractivity contribution is 5.84. The highest BCUT2D eigenvalue weighted by Crippen LogP contribution is 2.17. The second-order valence-corrected chi connectivity index (χ2v) is 3.10. The fraction of sp³-hybridized carbons (Fsp3) is 0.182. The van der Waals surface area contributed by atoms with E-state index in [0.717, 1.165) is 18.2 Å². The SMILES string of the molecule is CC(O)C=CC(=O)Oc1ccc(F)cc1F. The van der Waals surface area contributed by atoms with Crippen molar-refractivity contribution in [2.24, 2.45) is 0 Å². The van der Waals surface area contributed by atoms with Crippen molar-refractivity contribution < 1.29 is 23.4 Å². The summed E-state index contributed by atoms with van der Waals surface area (Å²) in [5, 5.41) is 8.84. The predicted octanol–water partition coefficient (Wildman–Crippen LogP) is 1.81. The van der Waals surface area contributed by atoms with Crippen LogP contribution >= 0.6 is 0 Å². The van der Waals surface area contributed by atoms with Gasteiger partial charge in [-0.25, -0.2) is 13.6 Å². The van der Waals surface area contributed by atoms with E-state index in [0.29, 0.717) is 6.07 Å². The first kappa shape index (κ1) is 12.3. The Morgan fingerprint density at radius 3 is 2.75 bits per heavy atom. The van der Waals surface area contributed by atoms with E-state index < -0.39 is 23.7 Å². The number of carbonyl (C=O) groups is 1. The van der Waals surface area contributed by atoms with Crippen molar-refractivity contribution in [2.75, 3.05) is 0 Å². The quantitative estimate of drug-likeness (QED) is 0.487. The van der Waals surface area contributed by atoms with Crippen LogP contribution in [0.5, 0.6) is 5.75 Å². The summed E-state index contributed by atoms with van der Waals surface area (Å²) in [6.45, 7) is 1.45. The fourth-order valence-electron chi connectivity index (χ4n) is 0.918. The molecule has 1 unspecified atom stereocenters. The Hall–Kier alpha value is -1.75. The van der Waals surface area contributed by atoms with Crippen molar-refractivity contribution in [3.05, 3.63) is 42.0 Å². The maximum atomic E-state index is 13.0. The van der Waals surface area contributed by atoms with Gasteiger partial charge in [-0.05, 0) is 25.1 Å². The van der Waals surface area contributed by atoms with Gasteiger partial charge in [-0.15, -0.1) is 0 Å². The van der Waals surface area contributed by atoms with Gasteiger partial charge < -0.3 is 9.84 Å². The summed E-state index contributed by atoms with van der Waals surface area (Å²) in [5.41, 5.74) is 0. The smallest absolute Gasteiger partial charge is 0.336 e. The van der Waals surface area contributed by atoms with E-state index in [1.807, 2.05) is 0 Å². The van der Waals surface area contributed by atoms with E-state index >= 15 is 0 Å². The number of halogens is 2. The van der Waals surface area contributed by atoms with E-state index in [-0.39, 0.29) is 5.75 Å². The van der Waals surface area contributed by atoms with Crippen LogP contribution in [-0.2, 0) is 4.79 Å². The van der Waals surface area contributed by atoms with Crippen LogP contribution in [-0.4, -0.2) is 17.2 Å². The summed E-state index contributed by atoms with van der Waals surface area (Å²) < 4.78 is 30.1. The number of ether oxygens (including phenoxy) is 1. The lowest BCUT2D eigenvalue weighted by atomic mass is 10.3. The Bertz CT molecular complexity index is 414. The molecule has 1 aromatic rings.